The monoisotopic (exact) mass is 202 g/mol. The Kier molecular flexibility index (Phi) is 48.9. The van der Waals surface area contributed by atoms with Gasteiger partial charge in [0.05, 0.1) is 7.18 Å². The molecule has 0 rings (SSSR count). The van der Waals surface area contributed by atoms with Gasteiger partial charge in [-0.25, -0.2) is 0 Å². The summed E-state index contributed by atoms with van der Waals surface area (Å²) in [5.74, 6) is 0. The van der Waals surface area contributed by atoms with Gasteiger partial charge in [-0.3, -0.25) is 4.39 Å². The summed E-state index contributed by atoms with van der Waals surface area (Å²) in [6, 6.07) is 0. The molecule has 0 bridgehead atoms. The topological polar surface area (TPSA) is 0 Å². The van der Waals surface area contributed by atoms with Gasteiger partial charge in [-0.05, 0) is 27.7 Å². The normalized spacial score (nSPS) is 5.71. The number of hydrogen-bond acceptors (Lipinski definition) is 0. The zero-order valence-corrected chi connectivity index (χ0v) is 10.9. The first-order chi connectivity index (χ1) is 6.54. The third-order valence-electron chi connectivity index (χ3n) is 0.926. The van der Waals surface area contributed by atoms with Gasteiger partial charge in [0.1, 0.15) is 0 Å². The van der Waals surface area contributed by atoms with Gasteiger partial charge in [0.2, 0.25) is 0 Å². The Morgan fingerprint density at radius 3 is 1.21 bits per heavy atom. The van der Waals surface area contributed by atoms with E-state index >= 15 is 0 Å². The van der Waals surface area contributed by atoms with Crippen LogP contribution in [0.2, 0.25) is 0 Å². The van der Waals surface area contributed by atoms with E-state index in [-0.39, 0.29) is 0 Å². The summed E-state index contributed by atoms with van der Waals surface area (Å²) in [7, 11) is 0.500. The molecule has 0 N–H and O–H groups in total. The van der Waals surface area contributed by atoms with E-state index < -0.39 is 0 Å². The van der Waals surface area contributed by atoms with Crippen LogP contribution >= 0.6 is 0 Å². The second-order valence-corrected chi connectivity index (χ2v) is 2.42. The van der Waals surface area contributed by atoms with E-state index in [2.05, 4.69) is 33.1 Å². The number of rotatable bonds is 1. The highest BCUT2D eigenvalue weighted by Crippen LogP contribution is 1.82. The van der Waals surface area contributed by atoms with E-state index in [1.54, 1.807) is 6.08 Å². The van der Waals surface area contributed by atoms with Crippen molar-refractivity contribution >= 4 is 0 Å². The van der Waals surface area contributed by atoms with Crippen LogP contribution in [-0.4, -0.2) is 7.18 Å². The Morgan fingerprint density at radius 1 is 1.07 bits per heavy atom. The van der Waals surface area contributed by atoms with Gasteiger partial charge < -0.3 is 0 Å². The standard InChI is InChI=1S/C5H10.C5H8.C2H6.CH3F/c2*1-4-5(2)3;2*1-2/h4H,1-3H3;4H,1-2H2,3H3;1-2H3;1H3. The van der Waals surface area contributed by atoms with Crippen LogP contribution in [0.3, 0.4) is 0 Å². The summed E-state index contributed by atoms with van der Waals surface area (Å²) >= 11 is 0. The fraction of sp³-hybridized carbons (Fsp3) is 0.538. The van der Waals surface area contributed by atoms with Crippen LogP contribution in [0.5, 0.6) is 0 Å². The first-order valence-electron chi connectivity index (χ1n) is 4.79. The predicted molar refractivity (Wildman–Crippen MR) is 68.5 cm³/mol. The van der Waals surface area contributed by atoms with Gasteiger partial charge >= 0.3 is 0 Å². The highest BCUT2D eigenvalue weighted by molar-refractivity contribution is 5.05. The molecule has 0 atom stereocenters. The van der Waals surface area contributed by atoms with Crippen LogP contribution < -0.4 is 0 Å². The van der Waals surface area contributed by atoms with Crippen molar-refractivity contribution in [2.45, 2.75) is 41.5 Å². The van der Waals surface area contributed by atoms with Crippen molar-refractivity contribution in [1.29, 1.82) is 0 Å². The third kappa shape index (κ3) is 116. The summed E-state index contributed by atoms with van der Waals surface area (Å²) in [6.45, 7) is 19.1. The van der Waals surface area contributed by atoms with Crippen LogP contribution in [-0.2, 0) is 0 Å². The first-order valence-corrected chi connectivity index (χ1v) is 4.79. The quantitative estimate of drug-likeness (QED) is 0.398. The maximum atomic E-state index is 9.50. The highest BCUT2D eigenvalue weighted by atomic mass is 19.1. The van der Waals surface area contributed by atoms with E-state index in [0.717, 1.165) is 5.57 Å². The molecule has 0 saturated heterocycles. The van der Waals surface area contributed by atoms with E-state index in [1.165, 1.54) is 5.57 Å². The van der Waals surface area contributed by atoms with Gasteiger partial charge in [-0.1, -0.05) is 50.3 Å². The molecule has 0 unspecified atom stereocenters. The molecule has 1 heteroatoms. The van der Waals surface area contributed by atoms with Crippen molar-refractivity contribution in [3.05, 3.63) is 36.5 Å². The number of halogens is 1. The molecule has 0 nitrogen and oxygen atoms in total. The summed E-state index contributed by atoms with van der Waals surface area (Å²) in [6.07, 6.45) is 3.81. The van der Waals surface area contributed by atoms with Crippen LogP contribution in [0, 0.1) is 0 Å². The predicted octanol–water partition coefficient (Wildman–Crippen LogP) is 5.33. The van der Waals surface area contributed by atoms with E-state index in [9.17, 15) is 4.39 Å². The van der Waals surface area contributed by atoms with Crippen molar-refractivity contribution in [2.75, 3.05) is 7.18 Å². The van der Waals surface area contributed by atoms with Gasteiger partial charge in [-0.2, -0.15) is 0 Å². The molecule has 14 heavy (non-hydrogen) atoms. The lowest BCUT2D eigenvalue weighted by Crippen LogP contribution is -1.52. The average molecular weight is 202 g/mol. The van der Waals surface area contributed by atoms with Crippen molar-refractivity contribution in [3.63, 3.8) is 0 Å². The van der Waals surface area contributed by atoms with E-state index in [1.807, 2.05) is 27.7 Å². The van der Waals surface area contributed by atoms with Crippen molar-refractivity contribution in [1.82, 2.24) is 0 Å². The lowest BCUT2D eigenvalue weighted by Gasteiger charge is -1.74. The second kappa shape index (κ2) is 29.5. The Labute approximate surface area is 90.2 Å². The Hall–Kier alpha value is -0.850. The van der Waals surface area contributed by atoms with Crippen molar-refractivity contribution < 1.29 is 4.39 Å². The van der Waals surface area contributed by atoms with E-state index in [0.29, 0.717) is 7.18 Å². The Balaban J connectivity index is -0.0000000528. The Bertz CT molecular complexity index is 128. The molecule has 0 aliphatic rings. The maximum absolute atomic E-state index is 9.50. The molecule has 0 amide bonds. The SMILES string of the molecule is C=CC(=C)C.CC.CC=C(C)C.CF. The first kappa shape index (κ1) is 23.2. The Morgan fingerprint density at radius 2 is 1.21 bits per heavy atom. The van der Waals surface area contributed by atoms with Crippen molar-refractivity contribution in [3.8, 4) is 0 Å². The summed E-state index contributed by atoms with van der Waals surface area (Å²) in [5, 5.41) is 0. The van der Waals surface area contributed by atoms with Crippen LogP contribution in [0.15, 0.2) is 36.5 Å². The molecule has 0 aliphatic carbocycles. The number of alkyl halides is 1. The zero-order valence-electron chi connectivity index (χ0n) is 10.9. The molecule has 86 valence electrons. The average Bonchev–Trinajstić information content (AvgIpc) is 2.24. The molecule has 0 fully saturated rings. The van der Waals surface area contributed by atoms with E-state index in [4.69, 9.17) is 0 Å². The van der Waals surface area contributed by atoms with Crippen molar-refractivity contribution in [2.24, 2.45) is 0 Å². The molecule has 0 aromatic carbocycles. The molecule has 0 saturated carbocycles. The van der Waals surface area contributed by atoms with Gasteiger partial charge in [-0.15, -0.1) is 0 Å². The smallest absolute Gasteiger partial charge is 0.0785 e. The molecule has 0 aromatic heterocycles. The molecule has 0 spiro atoms. The van der Waals surface area contributed by atoms with Gasteiger partial charge in [0.25, 0.3) is 0 Å². The molecule has 0 aromatic rings. The van der Waals surface area contributed by atoms with Crippen LogP contribution in [0.1, 0.15) is 41.5 Å². The molecule has 0 heterocycles. The summed E-state index contributed by atoms with van der Waals surface area (Å²) in [5.41, 5.74) is 2.40. The minimum atomic E-state index is 0.500. The fourth-order valence-electron chi connectivity index (χ4n) is 0. The molecule has 0 radical (unpaired) electrons. The minimum absolute atomic E-state index is 0.500. The largest absolute Gasteiger partial charge is 0.255 e. The van der Waals surface area contributed by atoms with Crippen LogP contribution in [0.4, 0.5) is 4.39 Å². The lowest BCUT2D eigenvalue weighted by molar-refractivity contribution is 0.636. The molecular formula is C13H27F. The highest BCUT2D eigenvalue weighted by Gasteiger charge is 1.60. The van der Waals surface area contributed by atoms with Gasteiger partial charge in [0.15, 0.2) is 0 Å². The van der Waals surface area contributed by atoms with Gasteiger partial charge in [0, 0.05) is 0 Å². The fourth-order valence-corrected chi connectivity index (χ4v) is 0. The minimum Gasteiger partial charge on any atom is -0.255 e. The zero-order chi connectivity index (χ0) is 12.6. The third-order valence-corrected chi connectivity index (χ3v) is 0.926. The molecule has 0 aliphatic heterocycles. The summed E-state index contributed by atoms with van der Waals surface area (Å²) < 4.78 is 9.50. The second-order valence-electron chi connectivity index (χ2n) is 2.42. The number of hydrogen-bond donors (Lipinski definition) is 0. The number of allylic oxidation sites excluding steroid dienone is 4. The maximum Gasteiger partial charge on any atom is 0.0785 e. The summed E-state index contributed by atoms with van der Waals surface area (Å²) in [4.78, 5) is 0. The lowest BCUT2D eigenvalue weighted by atomic mass is 10.3. The molecular weight excluding hydrogens is 175 g/mol. The van der Waals surface area contributed by atoms with Crippen LogP contribution in [0.25, 0.3) is 0 Å².